The summed E-state index contributed by atoms with van der Waals surface area (Å²) in [4.78, 5) is 33.0. The molecule has 0 rings (SSSR count). The number of carboxylic acids is 1. The number of nitrogens with two attached hydrogens (primary N) is 1. The molecule has 19 heavy (non-hydrogen) atoms. The quantitative estimate of drug-likeness (QED) is 0.490. The van der Waals surface area contributed by atoms with Crippen molar-refractivity contribution < 1.29 is 19.5 Å². The molecule has 0 saturated heterocycles. The van der Waals surface area contributed by atoms with Crippen LogP contribution in [0.5, 0.6) is 0 Å². The van der Waals surface area contributed by atoms with Crippen LogP contribution in [0.4, 0.5) is 0 Å². The van der Waals surface area contributed by atoms with Gasteiger partial charge < -0.3 is 16.2 Å². The highest BCUT2D eigenvalue weighted by Gasteiger charge is 2.21. The van der Waals surface area contributed by atoms with Gasteiger partial charge >= 0.3 is 5.97 Å². The molecule has 0 aromatic carbocycles. The maximum atomic E-state index is 11.5. The first-order chi connectivity index (χ1) is 8.97. The number of unbranched alkanes of at least 4 members (excludes halogenated alkanes) is 5. The fourth-order valence-electron chi connectivity index (χ4n) is 1.73. The molecule has 1 atom stereocenters. The first kappa shape index (κ1) is 17.4. The zero-order valence-electron chi connectivity index (χ0n) is 11.5. The van der Waals surface area contributed by atoms with E-state index in [-0.39, 0.29) is 18.7 Å². The van der Waals surface area contributed by atoms with Crippen LogP contribution in [-0.4, -0.2) is 28.9 Å². The van der Waals surface area contributed by atoms with Gasteiger partial charge in [-0.3, -0.25) is 9.59 Å². The van der Waals surface area contributed by atoms with Crippen molar-refractivity contribution in [1.29, 1.82) is 0 Å². The summed E-state index contributed by atoms with van der Waals surface area (Å²) in [5, 5.41) is 11.1. The molecular weight excluding hydrogens is 248 g/mol. The molecular formula is C13H24N2O4. The number of aliphatic carboxylic acids is 1. The lowest BCUT2D eigenvalue weighted by molar-refractivity contribution is -0.143. The van der Waals surface area contributed by atoms with Crippen LogP contribution in [0.1, 0.15) is 58.3 Å². The van der Waals surface area contributed by atoms with Gasteiger partial charge in [0.1, 0.15) is 6.04 Å². The first-order valence-electron chi connectivity index (χ1n) is 6.77. The topological polar surface area (TPSA) is 109 Å². The summed E-state index contributed by atoms with van der Waals surface area (Å²) < 4.78 is 0. The number of amides is 2. The number of carboxylic acid groups (broad SMARTS) is 1. The molecule has 0 saturated carbocycles. The highest BCUT2D eigenvalue weighted by atomic mass is 16.4. The van der Waals surface area contributed by atoms with E-state index in [1.807, 2.05) is 0 Å². The average Bonchev–Trinajstić information content (AvgIpc) is 2.32. The summed E-state index contributed by atoms with van der Waals surface area (Å²) in [7, 11) is 0. The molecule has 0 radical (unpaired) electrons. The van der Waals surface area contributed by atoms with E-state index in [4.69, 9.17) is 10.8 Å². The Kier molecular flexibility index (Phi) is 9.48. The number of carbonyl (C=O) groups excluding carboxylic acids is 2. The maximum Gasteiger partial charge on any atom is 0.326 e. The Morgan fingerprint density at radius 1 is 1.11 bits per heavy atom. The van der Waals surface area contributed by atoms with Crippen molar-refractivity contribution >= 4 is 17.8 Å². The smallest absolute Gasteiger partial charge is 0.326 e. The fourth-order valence-corrected chi connectivity index (χ4v) is 1.73. The lowest BCUT2D eigenvalue weighted by atomic mass is 10.1. The second kappa shape index (κ2) is 10.3. The van der Waals surface area contributed by atoms with Crippen LogP contribution in [-0.2, 0) is 14.4 Å². The molecule has 0 unspecified atom stereocenters. The standard InChI is InChI=1S/C13H24N2O4/c1-2-3-4-5-6-7-8-12(17)15-10(13(18)19)9-11(14)16/h10H,2-9H2,1H3,(H2,14,16)(H,15,17)(H,18,19)/t10-/m1/s1. The van der Waals surface area contributed by atoms with E-state index in [0.717, 1.165) is 25.7 Å². The summed E-state index contributed by atoms with van der Waals surface area (Å²) >= 11 is 0. The summed E-state index contributed by atoms with van der Waals surface area (Å²) in [6.45, 7) is 2.14. The van der Waals surface area contributed by atoms with Crippen LogP contribution in [0, 0.1) is 0 Å². The Hall–Kier alpha value is -1.59. The molecule has 2 amide bonds. The van der Waals surface area contributed by atoms with Gasteiger partial charge in [0, 0.05) is 6.42 Å². The summed E-state index contributed by atoms with van der Waals surface area (Å²) in [5.41, 5.74) is 4.92. The minimum atomic E-state index is -1.24. The van der Waals surface area contributed by atoms with Crippen LogP contribution in [0.15, 0.2) is 0 Å². The molecule has 0 heterocycles. The summed E-state index contributed by atoms with van der Waals surface area (Å²) in [5.74, 6) is -2.33. The molecule has 0 aromatic heterocycles. The van der Waals surface area contributed by atoms with E-state index < -0.39 is 17.9 Å². The SMILES string of the molecule is CCCCCCCCC(=O)N[C@H](CC(N)=O)C(=O)O. The number of primary amides is 1. The van der Waals surface area contributed by atoms with Gasteiger partial charge in [0.25, 0.3) is 0 Å². The van der Waals surface area contributed by atoms with Crippen LogP contribution >= 0.6 is 0 Å². The molecule has 0 aromatic rings. The second-order valence-corrected chi connectivity index (χ2v) is 4.65. The van der Waals surface area contributed by atoms with Gasteiger partial charge in [-0.1, -0.05) is 39.0 Å². The Morgan fingerprint density at radius 3 is 2.21 bits per heavy atom. The zero-order chi connectivity index (χ0) is 14.7. The van der Waals surface area contributed by atoms with Gasteiger partial charge in [0.2, 0.25) is 11.8 Å². The third-order valence-corrected chi connectivity index (χ3v) is 2.80. The van der Waals surface area contributed by atoms with Crippen molar-refractivity contribution in [3.63, 3.8) is 0 Å². The monoisotopic (exact) mass is 272 g/mol. The van der Waals surface area contributed by atoms with Crippen molar-refractivity contribution in [2.75, 3.05) is 0 Å². The highest BCUT2D eigenvalue weighted by Crippen LogP contribution is 2.07. The first-order valence-corrected chi connectivity index (χ1v) is 6.77. The van der Waals surface area contributed by atoms with E-state index in [9.17, 15) is 14.4 Å². The van der Waals surface area contributed by atoms with Gasteiger partial charge in [-0.25, -0.2) is 4.79 Å². The second-order valence-electron chi connectivity index (χ2n) is 4.65. The van der Waals surface area contributed by atoms with E-state index in [2.05, 4.69) is 12.2 Å². The number of nitrogens with one attached hydrogen (secondary N) is 1. The molecule has 0 spiro atoms. The van der Waals surface area contributed by atoms with Gasteiger partial charge in [-0.05, 0) is 6.42 Å². The molecule has 4 N–H and O–H groups in total. The Balaban J connectivity index is 3.81. The number of hydrogen-bond acceptors (Lipinski definition) is 3. The van der Waals surface area contributed by atoms with Crippen molar-refractivity contribution in [2.24, 2.45) is 5.73 Å². The predicted octanol–water partition coefficient (Wildman–Crippen LogP) is 1.18. The fraction of sp³-hybridized carbons (Fsp3) is 0.769. The van der Waals surface area contributed by atoms with Crippen LogP contribution in [0.25, 0.3) is 0 Å². The molecule has 6 heteroatoms. The minimum absolute atomic E-state index is 0.286. The van der Waals surface area contributed by atoms with Gasteiger partial charge in [-0.15, -0.1) is 0 Å². The van der Waals surface area contributed by atoms with Crippen LogP contribution < -0.4 is 11.1 Å². The van der Waals surface area contributed by atoms with E-state index in [1.54, 1.807) is 0 Å². The van der Waals surface area contributed by atoms with Crippen molar-refractivity contribution in [1.82, 2.24) is 5.32 Å². The number of hydrogen-bond donors (Lipinski definition) is 3. The highest BCUT2D eigenvalue weighted by molar-refractivity contribution is 5.88. The van der Waals surface area contributed by atoms with Crippen molar-refractivity contribution in [3.8, 4) is 0 Å². The lowest BCUT2D eigenvalue weighted by Gasteiger charge is -2.12. The third-order valence-electron chi connectivity index (χ3n) is 2.80. The normalized spacial score (nSPS) is 11.8. The molecule has 0 aliphatic rings. The molecule has 6 nitrogen and oxygen atoms in total. The average molecular weight is 272 g/mol. The maximum absolute atomic E-state index is 11.5. The Morgan fingerprint density at radius 2 is 1.68 bits per heavy atom. The molecule has 110 valence electrons. The predicted molar refractivity (Wildman–Crippen MR) is 71.4 cm³/mol. The molecule has 0 aliphatic carbocycles. The molecule has 0 bridgehead atoms. The Labute approximate surface area is 113 Å². The molecule has 0 fully saturated rings. The minimum Gasteiger partial charge on any atom is -0.480 e. The summed E-state index contributed by atoms with van der Waals surface area (Å²) in [6, 6.07) is -1.22. The number of carbonyl (C=O) groups is 3. The van der Waals surface area contributed by atoms with E-state index in [1.165, 1.54) is 12.8 Å². The molecule has 0 aliphatic heterocycles. The lowest BCUT2D eigenvalue weighted by Crippen LogP contribution is -2.43. The van der Waals surface area contributed by atoms with Gasteiger partial charge in [-0.2, -0.15) is 0 Å². The van der Waals surface area contributed by atoms with Crippen molar-refractivity contribution in [3.05, 3.63) is 0 Å². The van der Waals surface area contributed by atoms with Gasteiger partial charge in [0.05, 0.1) is 6.42 Å². The largest absolute Gasteiger partial charge is 0.480 e. The Bertz CT molecular complexity index is 305. The summed E-state index contributed by atoms with van der Waals surface area (Å²) in [6.07, 6.45) is 6.23. The zero-order valence-corrected chi connectivity index (χ0v) is 11.5. The third kappa shape index (κ3) is 10.1. The van der Waals surface area contributed by atoms with Gasteiger partial charge in [0.15, 0.2) is 0 Å². The van der Waals surface area contributed by atoms with Crippen LogP contribution in [0.2, 0.25) is 0 Å². The van der Waals surface area contributed by atoms with E-state index in [0.29, 0.717) is 0 Å². The van der Waals surface area contributed by atoms with Crippen molar-refractivity contribution in [2.45, 2.75) is 64.3 Å². The van der Waals surface area contributed by atoms with E-state index >= 15 is 0 Å². The number of rotatable bonds is 11. The van der Waals surface area contributed by atoms with Crippen LogP contribution in [0.3, 0.4) is 0 Å².